The maximum Gasteiger partial charge on any atom is 0.311 e. The molecule has 1 saturated carbocycles. The van der Waals surface area contributed by atoms with Gasteiger partial charge in [-0.3, -0.25) is 9.59 Å². The maximum atomic E-state index is 12.4. The van der Waals surface area contributed by atoms with Gasteiger partial charge in [-0.25, -0.2) is 0 Å². The Bertz CT molecular complexity index is 353. The summed E-state index contributed by atoms with van der Waals surface area (Å²) >= 11 is 0. The summed E-state index contributed by atoms with van der Waals surface area (Å²) in [6.07, 6.45) is 3.34. The van der Waals surface area contributed by atoms with E-state index in [1.807, 2.05) is 0 Å². The lowest BCUT2D eigenvalue weighted by molar-refractivity contribution is -0.145. The molecule has 1 aliphatic carbocycles. The van der Waals surface area contributed by atoms with E-state index in [9.17, 15) is 9.59 Å². The van der Waals surface area contributed by atoms with Crippen molar-refractivity contribution in [1.29, 1.82) is 0 Å². The highest BCUT2D eigenvalue weighted by atomic mass is 16.5. The summed E-state index contributed by atoms with van der Waals surface area (Å²) in [5.41, 5.74) is 5.83. The van der Waals surface area contributed by atoms with Crippen molar-refractivity contribution < 1.29 is 19.4 Å². The van der Waals surface area contributed by atoms with E-state index in [4.69, 9.17) is 15.6 Å². The van der Waals surface area contributed by atoms with Crippen molar-refractivity contribution in [3.8, 4) is 0 Å². The van der Waals surface area contributed by atoms with Gasteiger partial charge in [0.15, 0.2) is 0 Å². The van der Waals surface area contributed by atoms with Gasteiger partial charge < -0.3 is 20.5 Å². The molecule has 2 atom stereocenters. The molecule has 1 aliphatic heterocycles. The van der Waals surface area contributed by atoms with Crippen molar-refractivity contribution in [2.24, 2.45) is 17.6 Å². The molecular weight excluding hydrogens is 248 g/mol. The van der Waals surface area contributed by atoms with Gasteiger partial charge in [-0.05, 0) is 25.7 Å². The monoisotopic (exact) mass is 270 g/mol. The molecule has 6 nitrogen and oxygen atoms in total. The zero-order valence-corrected chi connectivity index (χ0v) is 11.2. The molecule has 2 rings (SSSR count). The Morgan fingerprint density at radius 3 is 2.42 bits per heavy atom. The minimum atomic E-state index is -0.896. The number of nitrogens with zero attached hydrogens (tertiary/aromatic N) is 1. The Balaban J connectivity index is 1.96. The van der Waals surface area contributed by atoms with Gasteiger partial charge in [0.1, 0.15) is 5.92 Å². The van der Waals surface area contributed by atoms with Crippen LogP contribution < -0.4 is 5.73 Å². The van der Waals surface area contributed by atoms with Crippen molar-refractivity contribution >= 4 is 11.9 Å². The van der Waals surface area contributed by atoms with E-state index in [0.29, 0.717) is 6.61 Å². The van der Waals surface area contributed by atoms with Gasteiger partial charge in [0.25, 0.3) is 0 Å². The van der Waals surface area contributed by atoms with Gasteiger partial charge >= 0.3 is 5.97 Å². The second kappa shape index (κ2) is 5.88. The molecule has 0 radical (unpaired) electrons. The molecule has 1 heterocycles. The summed E-state index contributed by atoms with van der Waals surface area (Å²) in [6, 6.07) is -0.142. The Hall–Kier alpha value is -1.14. The number of carbonyl (C=O) groups excluding carboxylic acids is 1. The van der Waals surface area contributed by atoms with Gasteiger partial charge in [-0.15, -0.1) is 0 Å². The number of nitrogens with two attached hydrogens (primary N) is 1. The lowest BCUT2D eigenvalue weighted by Gasteiger charge is -2.32. The zero-order chi connectivity index (χ0) is 14.0. The van der Waals surface area contributed by atoms with E-state index >= 15 is 0 Å². The molecule has 2 fully saturated rings. The van der Waals surface area contributed by atoms with Gasteiger partial charge in [-0.1, -0.05) is 0 Å². The van der Waals surface area contributed by atoms with Crippen LogP contribution in [-0.2, 0) is 14.3 Å². The number of ether oxygens (including phenoxy) is 1. The second-order valence-electron chi connectivity index (χ2n) is 5.61. The number of hydrogen-bond acceptors (Lipinski definition) is 4. The molecule has 0 bridgehead atoms. The number of likely N-dealkylation sites (N-methyl/N-ethyl adjacent to an activating group) is 1. The molecule has 0 aromatic carbocycles. The summed E-state index contributed by atoms with van der Waals surface area (Å²) in [5.74, 6) is -1.49. The predicted molar refractivity (Wildman–Crippen MR) is 68.4 cm³/mol. The van der Waals surface area contributed by atoms with Crippen molar-refractivity contribution in [2.75, 3.05) is 20.3 Å². The van der Waals surface area contributed by atoms with Crippen LogP contribution >= 0.6 is 0 Å². The third-order valence-electron chi connectivity index (χ3n) is 4.33. The van der Waals surface area contributed by atoms with Crippen LogP contribution in [0.3, 0.4) is 0 Å². The first-order chi connectivity index (χ1) is 9.00. The normalized spacial score (nSPS) is 35.1. The summed E-state index contributed by atoms with van der Waals surface area (Å²) in [6.45, 7) is 0.499. The lowest BCUT2D eigenvalue weighted by Crippen LogP contribution is -2.47. The third-order valence-corrected chi connectivity index (χ3v) is 4.33. The first-order valence-electron chi connectivity index (χ1n) is 6.83. The topological polar surface area (TPSA) is 92.9 Å². The van der Waals surface area contributed by atoms with Crippen LogP contribution in [0.1, 0.15) is 25.7 Å². The first kappa shape index (κ1) is 14.3. The van der Waals surface area contributed by atoms with E-state index in [1.165, 1.54) is 0 Å². The lowest BCUT2D eigenvalue weighted by atomic mass is 9.85. The van der Waals surface area contributed by atoms with Gasteiger partial charge in [0.2, 0.25) is 5.91 Å². The fraction of sp³-hybridized carbons (Fsp3) is 0.846. The third kappa shape index (κ3) is 3.06. The van der Waals surface area contributed by atoms with Crippen molar-refractivity contribution in [2.45, 2.75) is 37.8 Å². The van der Waals surface area contributed by atoms with E-state index < -0.39 is 11.9 Å². The van der Waals surface area contributed by atoms with Crippen LogP contribution in [-0.4, -0.2) is 54.2 Å². The summed E-state index contributed by atoms with van der Waals surface area (Å²) in [4.78, 5) is 25.1. The Morgan fingerprint density at radius 2 is 1.84 bits per heavy atom. The zero-order valence-electron chi connectivity index (χ0n) is 11.2. The SMILES string of the molecule is CN(C(=O)C1CCC(N)CC1)C1COCC1C(=O)O. The summed E-state index contributed by atoms with van der Waals surface area (Å²) < 4.78 is 5.21. The number of hydrogen-bond donors (Lipinski definition) is 2. The fourth-order valence-corrected chi connectivity index (χ4v) is 2.98. The number of carbonyl (C=O) groups is 2. The van der Waals surface area contributed by atoms with E-state index in [1.54, 1.807) is 11.9 Å². The Morgan fingerprint density at radius 1 is 1.21 bits per heavy atom. The van der Waals surface area contributed by atoms with Crippen LogP contribution in [0.25, 0.3) is 0 Å². The van der Waals surface area contributed by atoms with Crippen LogP contribution in [0.15, 0.2) is 0 Å². The average Bonchev–Trinajstić information content (AvgIpc) is 2.87. The standard InChI is InChI=1S/C13H22N2O4/c1-15(11-7-19-6-10(11)13(17)18)12(16)8-2-4-9(14)5-3-8/h8-11H,2-7,14H2,1H3,(H,17,18). The van der Waals surface area contributed by atoms with Crippen LogP contribution in [0.4, 0.5) is 0 Å². The number of carboxylic acids is 1. The second-order valence-corrected chi connectivity index (χ2v) is 5.61. The van der Waals surface area contributed by atoms with E-state index in [2.05, 4.69) is 0 Å². The number of rotatable bonds is 3. The molecule has 2 unspecified atom stereocenters. The molecule has 19 heavy (non-hydrogen) atoms. The van der Waals surface area contributed by atoms with Crippen molar-refractivity contribution in [3.05, 3.63) is 0 Å². The van der Waals surface area contributed by atoms with Crippen molar-refractivity contribution in [1.82, 2.24) is 4.90 Å². The number of aliphatic carboxylic acids is 1. The molecule has 0 aromatic heterocycles. The largest absolute Gasteiger partial charge is 0.481 e. The summed E-state index contributed by atoms with van der Waals surface area (Å²) in [5, 5.41) is 9.12. The quantitative estimate of drug-likeness (QED) is 0.756. The molecule has 1 saturated heterocycles. The average molecular weight is 270 g/mol. The minimum absolute atomic E-state index is 0.0140. The van der Waals surface area contributed by atoms with Crippen LogP contribution in [0, 0.1) is 11.8 Å². The molecule has 0 spiro atoms. The summed E-state index contributed by atoms with van der Waals surface area (Å²) in [7, 11) is 1.69. The molecular formula is C13H22N2O4. The fourth-order valence-electron chi connectivity index (χ4n) is 2.98. The first-order valence-corrected chi connectivity index (χ1v) is 6.83. The molecule has 3 N–H and O–H groups in total. The van der Waals surface area contributed by atoms with Crippen molar-refractivity contribution in [3.63, 3.8) is 0 Å². The number of carboxylic acid groups (broad SMARTS) is 1. The van der Waals surface area contributed by atoms with E-state index in [0.717, 1.165) is 25.7 Å². The highest BCUT2D eigenvalue weighted by Crippen LogP contribution is 2.27. The molecule has 1 amide bonds. The number of amides is 1. The maximum absolute atomic E-state index is 12.4. The Kier molecular flexibility index (Phi) is 4.42. The van der Waals surface area contributed by atoms with Crippen LogP contribution in [0.5, 0.6) is 0 Å². The van der Waals surface area contributed by atoms with E-state index in [-0.39, 0.29) is 30.5 Å². The van der Waals surface area contributed by atoms with Gasteiger partial charge in [0.05, 0.1) is 19.3 Å². The molecule has 0 aromatic rings. The highest BCUT2D eigenvalue weighted by Gasteiger charge is 2.40. The molecule has 108 valence electrons. The Labute approximate surface area is 112 Å². The van der Waals surface area contributed by atoms with Gasteiger partial charge in [0, 0.05) is 19.0 Å². The van der Waals surface area contributed by atoms with Crippen LogP contribution in [0.2, 0.25) is 0 Å². The highest BCUT2D eigenvalue weighted by molar-refractivity contribution is 5.80. The molecule has 2 aliphatic rings. The minimum Gasteiger partial charge on any atom is -0.481 e. The molecule has 6 heteroatoms. The predicted octanol–water partition coefficient (Wildman–Crippen LogP) is 0.0619. The van der Waals surface area contributed by atoms with Gasteiger partial charge in [-0.2, -0.15) is 0 Å². The smallest absolute Gasteiger partial charge is 0.311 e.